The predicted octanol–water partition coefficient (Wildman–Crippen LogP) is 1.38. The summed E-state index contributed by atoms with van der Waals surface area (Å²) in [4.78, 5) is 14.3. The van der Waals surface area contributed by atoms with E-state index in [-0.39, 0.29) is 12.0 Å². The third kappa shape index (κ3) is 1.66. The van der Waals surface area contributed by atoms with Gasteiger partial charge in [0, 0.05) is 32.0 Å². The molecule has 0 aromatic heterocycles. The molecule has 1 N–H and O–H groups in total. The molecule has 0 bridgehead atoms. The van der Waals surface area contributed by atoms with Crippen molar-refractivity contribution in [3.05, 3.63) is 35.4 Å². The SMILES string of the molecule is COc1ccc2c3c1O[C@@H]1C[C@H](O)C=C[C@]31CC(=O)N(C)C2. The Morgan fingerprint density at radius 3 is 3.05 bits per heavy atom. The van der Waals surface area contributed by atoms with Crippen molar-refractivity contribution in [1.29, 1.82) is 0 Å². The maximum Gasteiger partial charge on any atom is 0.223 e. The van der Waals surface area contributed by atoms with Crippen LogP contribution in [0.3, 0.4) is 0 Å². The average molecular weight is 301 g/mol. The van der Waals surface area contributed by atoms with Gasteiger partial charge in [0.25, 0.3) is 0 Å². The molecule has 1 spiro atoms. The molecule has 1 aromatic rings. The van der Waals surface area contributed by atoms with Gasteiger partial charge in [0.15, 0.2) is 11.5 Å². The standard InChI is InChI=1S/C17H19NO4/c1-18-9-10-3-4-12(21-2)16-15(10)17(8-14(18)20)6-5-11(19)7-13(17)22-16/h3-6,11,13,19H,7-9H2,1-2H3/t11-,13-,17-/m1/s1. The average Bonchev–Trinajstić information content (AvgIpc) is 2.76. The quantitative estimate of drug-likeness (QED) is 0.796. The van der Waals surface area contributed by atoms with Gasteiger partial charge < -0.3 is 19.5 Å². The minimum absolute atomic E-state index is 0.0951. The summed E-state index contributed by atoms with van der Waals surface area (Å²) in [5.74, 6) is 1.51. The third-order valence-electron chi connectivity index (χ3n) is 5.08. The number of aliphatic hydroxyl groups excluding tert-OH is 1. The van der Waals surface area contributed by atoms with E-state index in [1.54, 1.807) is 18.1 Å². The van der Waals surface area contributed by atoms with Crippen LogP contribution in [0.1, 0.15) is 24.0 Å². The summed E-state index contributed by atoms with van der Waals surface area (Å²) in [6.07, 6.45) is 3.85. The molecule has 2 aliphatic heterocycles. The number of carbonyl (C=O) groups excluding carboxylic acids is 1. The molecular weight excluding hydrogens is 282 g/mol. The van der Waals surface area contributed by atoms with Gasteiger partial charge in [-0.25, -0.2) is 0 Å². The van der Waals surface area contributed by atoms with E-state index in [0.717, 1.165) is 16.9 Å². The van der Waals surface area contributed by atoms with Crippen LogP contribution in [0.4, 0.5) is 0 Å². The second-order valence-corrected chi connectivity index (χ2v) is 6.37. The Labute approximate surface area is 129 Å². The van der Waals surface area contributed by atoms with E-state index in [0.29, 0.717) is 25.1 Å². The number of methoxy groups -OCH3 is 1. The van der Waals surface area contributed by atoms with Gasteiger partial charge in [-0.15, -0.1) is 0 Å². The van der Waals surface area contributed by atoms with Gasteiger partial charge >= 0.3 is 0 Å². The zero-order valence-electron chi connectivity index (χ0n) is 12.7. The summed E-state index contributed by atoms with van der Waals surface area (Å²) in [5.41, 5.74) is 1.66. The normalized spacial score (nSPS) is 32.1. The van der Waals surface area contributed by atoms with Crippen molar-refractivity contribution in [2.45, 2.75) is 37.0 Å². The number of rotatable bonds is 1. The van der Waals surface area contributed by atoms with Crippen LogP contribution in [0.2, 0.25) is 0 Å². The number of benzene rings is 1. The zero-order chi connectivity index (χ0) is 15.5. The maximum atomic E-state index is 12.5. The first-order valence-corrected chi connectivity index (χ1v) is 7.53. The third-order valence-corrected chi connectivity index (χ3v) is 5.08. The largest absolute Gasteiger partial charge is 0.493 e. The molecule has 0 saturated carbocycles. The predicted molar refractivity (Wildman–Crippen MR) is 79.9 cm³/mol. The monoisotopic (exact) mass is 301 g/mol. The molecule has 3 atom stereocenters. The molecule has 1 aromatic carbocycles. The lowest BCUT2D eigenvalue weighted by Crippen LogP contribution is -2.44. The van der Waals surface area contributed by atoms with E-state index < -0.39 is 11.5 Å². The summed E-state index contributed by atoms with van der Waals surface area (Å²) >= 11 is 0. The van der Waals surface area contributed by atoms with Gasteiger partial charge in [-0.2, -0.15) is 0 Å². The Morgan fingerprint density at radius 2 is 2.27 bits per heavy atom. The van der Waals surface area contributed by atoms with E-state index in [4.69, 9.17) is 9.47 Å². The molecule has 1 aliphatic carbocycles. The van der Waals surface area contributed by atoms with Crippen molar-refractivity contribution in [3.8, 4) is 11.5 Å². The molecule has 22 heavy (non-hydrogen) atoms. The highest BCUT2D eigenvalue weighted by molar-refractivity contribution is 5.81. The summed E-state index contributed by atoms with van der Waals surface area (Å²) < 4.78 is 11.6. The van der Waals surface area contributed by atoms with E-state index in [9.17, 15) is 9.90 Å². The van der Waals surface area contributed by atoms with E-state index in [2.05, 4.69) is 0 Å². The molecule has 1 amide bonds. The van der Waals surface area contributed by atoms with Crippen LogP contribution in [0.5, 0.6) is 11.5 Å². The molecule has 5 heteroatoms. The molecule has 0 saturated heterocycles. The Morgan fingerprint density at radius 1 is 1.45 bits per heavy atom. The molecule has 5 nitrogen and oxygen atoms in total. The minimum atomic E-state index is -0.532. The summed E-state index contributed by atoms with van der Waals surface area (Å²) in [5, 5.41) is 9.95. The minimum Gasteiger partial charge on any atom is -0.493 e. The van der Waals surface area contributed by atoms with Gasteiger partial charge in [0.2, 0.25) is 5.91 Å². The summed E-state index contributed by atoms with van der Waals surface area (Å²) in [6.45, 7) is 0.569. The Bertz CT molecular complexity index is 683. The van der Waals surface area contributed by atoms with Crippen LogP contribution >= 0.6 is 0 Å². The number of aliphatic hydroxyl groups is 1. The lowest BCUT2D eigenvalue weighted by atomic mass is 9.69. The van der Waals surface area contributed by atoms with Gasteiger partial charge in [-0.3, -0.25) is 4.79 Å². The molecule has 0 fully saturated rings. The second-order valence-electron chi connectivity index (χ2n) is 6.37. The van der Waals surface area contributed by atoms with Crippen molar-refractivity contribution in [1.82, 2.24) is 4.90 Å². The fourth-order valence-corrected chi connectivity index (χ4v) is 3.95. The van der Waals surface area contributed by atoms with E-state index in [1.165, 1.54) is 0 Å². The molecule has 4 rings (SSSR count). The summed E-state index contributed by atoms with van der Waals surface area (Å²) in [7, 11) is 3.45. The first-order valence-electron chi connectivity index (χ1n) is 7.53. The summed E-state index contributed by atoms with van der Waals surface area (Å²) in [6, 6.07) is 3.90. The highest BCUT2D eigenvalue weighted by Gasteiger charge is 2.54. The Balaban J connectivity index is 1.98. The van der Waals surface area contributed by atoms with Crippen molar-refractivity contribution in [3.63, 3.8) is 0 Å². The lowest BCUT2D eigenvalue weighted by Gasteiger charge is -2.35. The Kier molecular flexibility index (Phi) is 2.78. The van der Waals surface area contributed by atoms with Crippen molar-refractivity contribution in [2.24, 2.45) is 0 Å². The highest BCUT2D eigenvalue weighted by Crippen LogP contribution is 2.55. The van der Waals surface area contributed by atoms with Crippen LogP contribution in [0.15, 0.2) is 24.3 Å². The topological polar surface area (TPSA) is 59.0 Å². The molecule has 116 valence electrons. The highest BCUT2D eigenvalue weighted by atomic mass is 16.5. The van der Waals surface area contributed by atoms with E-state index >= 15 is 0 Å². The van der Waals surface area contributed by atoms with Crippen molar-refractivity contribution in [2.75, 3.05) is 14.2 Å². The first kappa shape index (κ1) is 13.6. The van der Waals surface area contributed by atoms with Gasteiger partial charge in [-0.05, 0) is 11.6 Å². The second kappa shape index (κ2) is 4.49. The van der Waals surface area contributed by atoms with Crippen molar-refractivity contribution >= 4 is 5.91 Å². The molecule has 3 aliphatic rings. The van der Waals surface area contributed by atoms with Crippen LogP contribution in [0.25, 0.3) is 0 Å². The fraction of sp³-hybridized carbons (Fsp3) is 0.471. The maximum absolute atomic E-state index is 12.5. The van der Waals surface area contributed by atoms with Crippen LogP contribution < -0.4 is 9.47 Å². The number of ether oxygens (including phenoxy) is 2. The van der Waals surface area contributed by atoms with E-state index in [1.807, 2.05) is 25.3 Å². The number of hydrogen-bond acceptors (Lipinski definition) is 4. The van der Waals surface area contributed by atoms with Gasteiger partial charge in [0.1, 0.15) is 6.10 Å². The number of carbonyl (C=O) groups is 1. The molecular formula is C17H19NO4. The fourth-order valence-electron chi connectivity index (χ4n) is 3.95. The first-order chi connectivity index (χ1) is 10.5. The Hall–Kier alpha value is -2.01. The molecule has 0 radical (unpaired) electrons. The lowest BCUT2D eigenvalue weighted by molar-refractivity contribution is -0.131. The smallest absolute Gasteiger partial charge is 0.223 e. The van der Waals surface area contributed by atoms with Gasteiger partial charge in [0.05, 0.1) is 18.6 Å². The molecule has 0 unspecified atom stereocenters. The molecule has 2 heterocycles. The number of hydrogen-bond donors (Lipinski definition) is 1. The number of amides is 1. The van der Waals surface area contributed by atoms with Crippen LogP contribution in [-0.4, -0.2) is 42.3 Å². The van der Waals surface area contributed by atoms with Crippen LogP contribution in [-0.2, 0) is 16.8 Å². The van der Waals surface area contributed by atoms with Crippen LogP contribution in [0, 0.1) is 0 Å². The van der Waals surface area contributed by atoms with Crippen molar-refractivity contribution < 1.29 is 19.4 Å². The number of nitrogens with zero attached hydrogens (tertiary/aromatic N) is 1. The zero-order valence-corrected chi connectivity index (χ0v) is 12.7. The van der Waals surface area contributed by atoms with Gasteiger partial charge in [-0.1, -0.05) is 18.2 Å².